The molecule has 4 rings (SSSR count). The number of sulfonamides is 1. The van der Waals surface area contributed by atoms with Crippen LogP contribution in [0.15, 0.2) is 82.7 Å². The molecular weight excluding hydrogens is 510 g/mol. The summed E-state index contributed by atoms with van der Waals surface area (Å²) in [5, 5.41) is 0. The van der Waals surface area contributed by atoms with Crippen LogP contribution in [0.3, 0.4) is 0 Å². The van der Waals surface area contributed by atoms with E-state index in [1.807, 2.05) is 35.8 Å². The zero-order valence-electron chi connectivity index (χ0n) is 21.0. The van der Waals surface area contributed by atoms with Crippen LogP contribution in [0.25, 0.3) is 10.2 Å². The molecule has 0 N–H and O–H groups in total. The Bertz CT molecular complexity index is 1540. The van der Waals surface area contributed by atoms with Gasteiger partial charge >= 0.3 is 0 Å². The predicted octanol–water partition coefficient (Wildman–Crippen LogP) is 4.70. The summed E-state index contributed by atoms with van der Waals surface area (Å²) in [6.07, 6.45) is 0. The van der Waals surface area contributed by atoms with Crippen molar-refractivity contribution < 1.29 is 22.7 Å². The minimum absolute atomic E-state index is 0.107. The molecule has 0 radical (unpaired) electrons. The van der Waals surface area contributed by atoms with E-state index in [4.69, 9.17) is 9.47 Å². The fourth-order valence-electron chi connectivity index (χ4n) is 3.92. The Kier molecular flexibility index (Phi) is 8.42. The minimum Gasteiger partial charge on any atom is -0.497 e. The van der Waals surface area contributed by atoms with E-state index in [9.17, 15) is 13.2 Å². The lowest BCUT2D eigenvalue weighted by Crippen LogP contribution is -2.30. The fourth-order valence-corrected chi connectivity index (χ4v) is 6.47. The molecule has 0 saturated heterocycles. The van der Waals surface area contributed by atoms with Gasteiger partial charge < -0.3 is 14.0 Å². The van der Waals surface area contributed by atoms with Crippen molar-refractivity contribution in [3.8, 4) is 5.75 Å². The second-order valence-electron chi connectivity index (χ2n) is 8.01. The highest BCUT2D eigenvalue weighted by atomic mass is 32.2. The lowest BCUT2D eigenvalue weighted by Gasteiger charge is -2.22. The van der Waals surface area contributed by atoms with E-state index in [-0.39, 0.29) is 11.4 Å². The van der Waals surface area contributed by atoms with Crippen LogP contribution >= 0.6 is 11.3 Å². The Morgan fingerprint density at radius 3 is 2.41 bits per heavy atom. The number of carbonyl (C=O) groups excluding carboxylic acids is 1. The van der Waals surface area contributed by atoms with Crippen LogP contribution in [0.2, 0.25) is 0 Å². The number of hydrogen-bond donors (Lipinski definition) is 0. The molecular formula is C27H29N3O5S2. The molecule has 4 aromatic rings. The summed E-state index contributed by atoms with van der Waals surface area (Å²) in [7, 11) is -2.18. The van der Waals surface area contributed by atoms with Gasteiger partial charge in [0.05, 0.1) is 34.5 Å². The summed E-state index contributed by atoms with van der Waals surface area (Å²) < 4.78 is 41.6. The molecule has 0 bridgehead atoms. The zero-order valence-corrected chi connectivity index (χ0v) is 22.6. The Hall–Kier alpha value is -3.47. The third-order valence-corrected chi connectivity index (χ3v) is 8.73. The van der Waals surface area contributed by atoms with E-state index in [1.165, 1.54) is 39.9 Å². The van der Waals surface area contributed by atoms with Crippen molar-refractivity contribution in [3.05, 3.63) is 83.2 Å². The number of methoxy groups -OCH3 is 1. The Morgan fingerprint density at radius 2 is 1.76 bits per heavy atom. The maximum absolute atomic E-state index is 13.3. The highest BCUT2D eigenvalue weighted by Gasteiger charge is 2.23. The van der Waals surface area contributed by atoms with E-state index >= 15 is 0 Å². The van der Waals surface area contributed by atoms with Crippen molar-refractivity contribution in [1.29, 1.82) is 0 Å². The van der Waals surface area contributed by atoms with Crippen LogP contribution in [-0.2, 0) is 21.3 Å². The molecule has 10 heteroatoms. The van der Waals surface area contributed by atoms with Crippen LogP contribution < -0.4 is 13.8 Å². The number of carbonyl (C=O) groups is 1. The maximum Gasteiger partial charge on any atom is 0.279 e. The molecule has 0 spiro atoms. The number of amides is 1. The molecule has 0 atom stereocenters. The molecule has 194 valence electrons. The SMILES string of the molecule is CCOCCn1c(=NC(=O)c2ccc(S(=O)(=O)N(CC)c3ccccc3)cc2)sc2cc(OC)ccc21. The molecule has 1 aromatic heterocycles. The molecule has 0 aliphatic rings. The predicted molar refractivity (Wildman–Crippen MR) is 146 cm³/mol. The smallest absolute Gasteiger partial charge is 0.279 e. The number of hydrogen-bond acceptors (Lipinski definition) is 6. The van der Waals surface area contributed by atoms with Crippen LogP contribution in [0.1, 0.15) is 24.2 Å². The summed E-state index contributed by atoms with van der Waals surface area (Å²) in [5.41, 5.74) is 1.81. The number of para-hydroxylation sites is 1. The van der Waals surface area contributed by atoms with Gasteiger partial charge in [-0.05, 0) is 68.4 Å². The third-order valence-electron chi connectivity index (χ3n) is 5.77. The standard InChI is InChI=1S/C27H29N3O5S2/c1-4-30(21-9-7-6-8-10-21)37(32,33)23-14-11-20(12-15-23)26(31)28-27-29(17-18-35-5-2)24-16-13-22(34-3)19-25(24)36-27/h6-16,19H,4-5,17-18H2,1-3H3. The van der Waals surface area contributed by atoms with Crippen molar-refractivity contribution in [1.82, 2.24) is 4.57 Å². The number of benzene rings is 3. The highest BCUT2D eigenvalue weighted by Crippen LogP contribution is 2.25. The van der Waals surface area contributed by atoms with E-state index < -0.39 is 15.9 Å². The number of anilines is 1. The van der Waals surface area contributed by atoms with Gasteiger partial charge in [0.2, 0.25) is 0 Å². The summed E-state index contributed by atoms with van der Waals surface area (Å²) in [6, 6.07) is 20.5. The minimum atomic E-state index is -3.79. The second-order valence-corrected chi connectivity index (χ2v) is 10.9. The van der Waals surface area contributed by atoms with Gasteiger partial charge in [0, 0.05) is 25.3 Å². The van der Waals surface area contributed by atoms with Crippen molar-refractivity contribution in [2.45, 2.75) is 25.3 Å². The van der Waals surface area contributed by atoms with Gasteiger partial charge in [-0.1, -0.05) is 29.5 Å². The van der Waals surface area contributed by atoms with E-state index in [0.29, 0.717) is 35.8 Å². The maximum atomic E-state index is 13.3. The van der Waals surface area contributed by atoms with Crippen LogP contribution in [0.5, 0.6) is 5.75 Å². The first-order chi connectivity index (χ1) is 17.9. The van der Waals surface area contributed by atoms with E-state index in [1.54, 1.807) is 38.3 Å². The van der Waals surface area contributed by atoms with Gasteiger partial charge in [-0.15, -0.1) is 0 Å². The van der Waals surface area contributed by atoms with Gasteiger partial charge in [0.25, 0.3) is 15.9 Å². The lowest BCUT2D eigenvalue weighted by atomic mass is 10.2. The lowest BCUT2D eigenvalue weighted by molar-refractivity contribution is 0.0996. The molecule has 0 aliphatic heterocycles. The molecule has 0 fully saturated rings. The summed E-state index contributed by atoms with van der Waals surface area (Å²) in [4.78, 5) is 18.1. The number of thiazole rings is 1. The van der Waals surface area contributed by atoms with Crippen molar-refractivity contribution in [2.24, 2.45) is 4.99 Å². The fraction of sp³-hybridized carbons (Fsp3) is 0.259. The van der Waals surface area contributed by atoms with Crippen LogP contribution in [0.4, 0.5) is 5.69 Å². The molecule has 1 heterocycles. The molecule has 37 heavy (non-hydrogen) atoms. The van der Waals surface area contributed by atoms with Gasteiger partial charge in [0.15, 0.2) is 4.80 Å². The number of aromatic nitrogens is 1. The first-order valence-corrected chi connectivity index (χ1v) is 14.2. The molecule has 0 aliphatic carbocycles. The largest absolute Gasteiger partial charge is 0.497 e. The topological polar surface area (TPSA) is 90.2 Å². The Morgan fingerprint density at radius 1 is 1.03 bits per heavy atom. The summed E-state index contributed by atoms with van der Waals surface area (Å²) in [5.74, 6) is 0.264. The summed E-state index contributed by atoms with van der Waals surface area (Å²) in [6.45, 7) is 5.60. The van der Waals surface area contributed by atoms with Gasteiger partial charge in [0.1, 0.15) is 5.75 Å². The number of ether oxygens (including phenoxy) is 2. The van der Waals surface area contributed by atoms with E-state index in [0.717, 1.165) is 16.0 Å². The molecule has 1 amide bonds. The van der Waals surface area contributed by atoms with Crippen molar-refractivity contribution in [3.63, 3.8) is 0 Å². The Labute approximate surface area is 220 Å². The number of nitrogens with zero attached hydrogens (tertiary/aromatic N) is 3. The second kappa shape index (κ2) is 11.7. The first-order valence-electron chi connectivity index (χ1n) is 11.9. The molecule has 0 unspecified atom stereocenters. The molecule has 3 aromatic carbocycles. The average molecular weight is 540 g/mol. The van der Waals surface area contributed by atoms with Crippen molar-refractivity contribution >= 4 is 43.2 Å². The zero-order chi connectivity index (χ0) is 26.4. The quantitative estimate of drug-likeness (QED) is 0.273. The molecule has 0 saturated carbocycles. The van der Waals surface area contributed by atoms with Gasteiger partial charge in [-0.2, -0.15) is 4.99 Å². The van der Waals surface area contributed by atoms with Gasteiger partial charge in [-0.3, -0.25) is 9.10 Å². The van der Waals surface area contributed by atoms with E-state index in [2.05, 4.69) is 4.99 Å². The monoisotopic (exact) mass is 539 g/mol. The average Bonchev–Trinajstić information content (AvgIpc) is 3.25. The Balaban J connectivity index is 1.66. The van der Waals surface area contributed by atoms with Crippen molar-refractivity contribution in [2.75, 3.05) is 31.2 Å². The van der Waals surface area contributed by atoms with Crippen LogP contribution in [0, 0.1) is 0 Å². The highest BCUT2D eigenvalue weighted by molar-refractivity contribution is 7.92. The summed E-state index contributed by atoms with van der Waals surface area (Å²) >= 11 is 1.38. The number of fused-ring (bicyclic) bond motifs is 1. The number of rotatable bonds is 10. The van der Waals surface area contributed by atoms with Gasteiger partial charge in [-0.25, -0.2) is 8.42 Å². The first kappa shape index (κ1) is 26.6. The normalized spacial score (nSPS) is 12.1. The van der Waals surface area contributed by atoms with Crippen LogP contribution in [-0.4, -0.2) is 45.8 Å². The third kappa shape index (κ3) is 5.76. The molecule has 8 nitrogen and oxygen atoms in total.